The third-order valence-corrected chi connectivity index (χ3v) is 4.92. The van der Waals surface area contributed by atoms with Gasteiger partial charge in [0, 0.05) is 16.9 Å². The van der Waals surface area contributed by atoms with Gasteiger partial charge in [0.25, 0.3) is 0 Å². The predicted molar refractivity (Wildman–Crippen MR) is 101 cm³/mol. The first-order valence-electron chi connectivity index (χ1n) is 8.62. The van der Waals surface area contributed by atoms with Crippen LogP contribution < -0.4 is 5.32 Å². The highest BCUT2D eigenvalue weighted by atomic mass is 15.2. The SMILES string of the molecule is C=C(NCc1cc2cc(C)c(C)cc2[nH]1)C1(N(C)C)CC1.CC. The molecule has 0 saturated heterocycles. The zero-order chi connectivity index (χ0) is 17.2. The number of aromatic amines is 1. The van der Waals surface area contributed by atoms with Crippen LogP contribution >= 0.6 is 0 Å². The molecule has 0 bridgehead atoms. The fraction of sp³-hybridized carbons (Fsp3) is 0.500. The molecule has 1 saturated carbocycles. The molecule has 1 aliphatic rings. The number of aryl methyl sites for hydroxylation is 2. The second-order valence-corrected chi connectivity index (χ2v) is 6.58. The molecule has 0 unspecified atom stereocenters. The summed E-state index contributed by atoms with van der Waals surface area (Å²) in [6.07, 6.45) is 2.41. The lowest BCUT2D eigenvalue weighted by molar-refractivity contribution is 0.299. The van der Waals surface area contributed by atoms with Crippen molar-refractivity contribution in [2.75, 3.05) is 14.1 Å². The molecular weight excluding hydrogens is 282 g/mol. The van der Waals surface area contributed by atoms with Gasteiger partial charge in [0.15, 0.2) is 0 Å². The smallest absolute Gasteiger partial charge is 0.0598 e. The highest BCUT2D eigenvalue weighted by molar-refractivity contribution is 5.82. The third-order valence-electron chi connectivity index (χ3n) is 4.92. The standard InChI is InChI=1S/C18H25N3.C2H6/c1-12-8-15-10-16(20-17(15)9-13(12)2)11-19-14(3)18(6-7-18)21(4)5;1-2/h8-10,19-20H,3,6-7,11H2,1-2,4-5H3;1-2H3. The Morgan fingerprint density at radius 1 is 1.17 bits per heavy atom. The zero-order valence-corrected chi connectivity index (χ0v) is 15.5. The summed E-state index contributed by atoms with van der Waals surface area (Å²) in [6, 6.07) is 6.71. The number of H-pyrrole nitrogens is 1. The van der Waals surface area contributed by atoms with Crippen molar-refractivity contribution in [1.29, 1.82) is 0 Å². The fourth-order valence-electron chi connectivity index (χ4n) is 3.06. The van der Waals surface area contributed by atoms with Crippen LogP contribution in [0.4, 0.5) is 0 Å². The Hall–Kier alpha value is -1.74. The maximum Gasteiger partial charge on any atom is 0.0598 e. The van der Waals surface area contributed by atoms with E-state index < -0.39 is 0 Å². The van der Waals surface area contributed by atoms with Crippen molar-refractivity contribution in [3.05, 3.63) is 47.3 Å². The van der Waals surface area contributed by atoms with Crippen molar-refractivity contribution in [2.45, 2.75) is 52.6 Å². The minimum atomic E-state index is 0.180. The minimum Gasteiger partial charge on any atom is -0.382 e. The molecule has 2 aromatic rings. The van der Waals surface area contributed by atoms with E-state index in [4.69, 9.17) is 0 Å². The van der Waals surface area contributed by atoms with Gasteiger partial charge in [-0.15, -0.1) is 0 Å². The van der Waals surface area contributed by atoms with Gasteiger partial charge in [-0.05, 0) is 75.5 Å². The first-order valence-corrected chi connectivity index (χ1v) is 8.62. The molecule has 1 aromatic heterocycles. The molecule has 0 aliphatic heterocycles. The van der Waals surface area contributed by atoms with Crippen LogP contribution in [0.3, 0.4) is 0 Å². The number of benzene rings is 1. The average molecular weight is 313 g/mol. The van der Waals surface area contributed by atoms with Crippen LogP contribution in [0.2, 0.25) is 0 Å². The van der Waals surface area contributed by atoms with Gasteiger partial charge < -0.3 is 10.3 Å². The maximum absolute atomic E-state index is 4.24. The van der Waals surface area contributed by atoms with Gasteiger partial charge in [-0.1, -0.05) is 20.4 Å². The van der Waals surface area contributed by atoms with Crippen molar-refractivity contribution in [1.82, 2.24) is 15.2 Å². The van der Waals surface area contributed by atoms with Crippen LogP contribution in [0.25, 0.3) is 10.9 Å². The lowest BCUT2D eigenvalue weighted by Gasteiger charge is -2.26. The largest absolute Gasteiger partial charge is 0.382 e. The highest BCUT2D eigenvalue weighted by Crippen LogP contribution is 2.44. The maximum atomic E-state index is 4.24. The van der Waals surface area contributed by atoms with Crippen LogP contribution in [0.1, 0.15) is 43.5 Å². The quantitative estimate of drug-likeness (QED) is 0.851. The van der Waals surface area contributed by atoms with E-state index in [0.717, 1.165) is 12.2 Å². The number of likely N-dealkylation sites (N-methyl/N-ethyl adjacent to an activating group) is 1. The van der Waals surface area contributed by atoms with E-state index >= 15 is 0 Å². The predicted octanol–water partition coefficient (Wildman–Crippen LogP) is 4.51. The van der Waals surface area contributed by atoms with Gasteiger partial charge in [-0.25, -0.2) is 0 Å². The number of hydrogen-bond acceptors (Lipinski definition) is 2. The molecule has 23 heavy (non-hydrogen) atoms. The monoisotopic (exact) mass is 313 g/mol. The van der Waals surface area contributed by atoms with Crippen molar-refractivity contribution < 1.29 is 0 Å². The highest BCUT2D eigenvalue weighted by Gasteiger charge is 2.47. The molecule has 3 rings (SSSR count). The van der Waals surface area contributed by atoms with E-state index in [-0.39, 0.29) is 5.54 Å². The fourth-order valence-corrected chi connectivity index (χ4v) is 3.06. The van der Waals surface area contributed by atoms with Crippen LogP contribution in [-0.4, -0.2) is 29.5 Å². The van der Waals surface area contributed by atoms with E-state index in [1.165, 1.54) is 40.6 Å². The minimum absolute atomic E-state index is 0.180. The Morgan fingerprint density at radius 3 is 2.35 bits per heavy atom. The summed E-state index contributed by atoms with van der Waals surface area (Å²) >= 11 is 0. The van der Waals surface area contributed by atoms with E-state index in [1.54, 1.807) is 0 Å². The van der Waals surface area contributed by atoms with Crippen molar-refractivity contribution >= 4 is 10.9 Å². The number of nitrogens with one attached hydrogen (secondary N) is 2. The molecular formula is C20H31N3. The molecule has 1 heterocycles. The van der Waals surface area contributed by atoms with Crippen molar-refractivity contribution in [3.63, 3.8) is 0 Å². The molecule has 0 spiro atoms. The van der Waals surface area contributed by atoms with Gasteiger partial charge in [-0.2, -0.15) is 0 Å². The molecule has 3 heteroatoms. The van der Waals surface area contributed by atoms with Crippen molar-refractivity contribution in [2.24, 2.45) is 0 Å². The molecule has 3 nitrogen and oxygen atoms in total. The Kier molecular flexibility index (Phi) is 5.20. The van der Waals surface area contributed by atoms with Crippen molar-refractivity contribution in [3.8, 4) is 0 Å². The number of hydrogen-bond donors (Lipinski definition) is 2. The lowest BCUT2D eigenvalue weighted by Crippen LogP contribution is -2.37. The molecule has 1 fully saturated rings. The summed E-state index contributed by atoms with van der Waals surface area (Å²) in [5, 5.41) is 4.79. The Labute approximate surface area is 140 Å². The summed E-state index contributed by atoms with van der Waals surface area (Å²) in [5.41, 5.74) is 6.42. The Morgan fingerprint density at radius 2 is 1.78 bits per heavy atom. The molecule has 1 aromatic carbocycles. The second kappa shape index (κ2) is 6.79. The van der Waals surface area contributed by atoms with E-state index in [0.29, 0.717) is 0 Å². The number of rotatable bonds is 5. The lowest BCUT2D eigenvalue weighted by atomic mass is 10.1. The van der Waals surface area contributed by atoms with E-state index in [1.807, 2.05) is 13.8 Å². The van der Waals surface area contributed by atoms with Gasteiger partial charge in [0.1, 0.15) is 0 Å². The summed E-state index contributed by atoms with van der Waals surface area (Å²) in [5.74, 6) is 0. The molecule has 1 aliphatic carbocycles. The summed E-state index contributed by atoms with van der Waals surface area (Å²) < 4.78 is 0. The van der Waals surface area contributed by atoms with E-state index in [9.17, 15) is 0 Å². The third kappa shape index (κ3) is 3.45. The summed E-state index contributed by atoms with van der Waals surface area (Å²) in [6.45, 7) is 13.4. The number of fused-ring (bicyclic) bond motifs is 1. The second-order valence-electron chi connectivity index (χ2n) is 6.58. The first kappa shape index (κ1) is 17.6. The van der Waals surface area contributed by atoms with Crippen LogP contribution in [0.15, 0.2) is 30.5 Å². The van der Waals surface area contributed by atoms with Gasteiger partial charge in [-0.3, -0.25) is 4.90 Å². The number of nitrogens with zero attached hydrogens (tertiary/aromatic N) is 1. The Bertz CT molecular complexity index is 651. The summed E-state index contributed by atoms with van der Waals surface area (Å²) in [4.78, 5) is 5.78. The van der Waals surface area contributed by atoms with Gasteiger partial charge >= 0.3 is 0 Å². The normalized spacial score (nSPS) is 15.3. The van der Waals surface area contributed by atoms with Crippen LogP contribution in [0.5, 0.6) is 0 Å². The topological polar surface area (TPSA) is 31.1 Å². The average Bonchev–Trinajstić information content (AvgIpc) is 3.25. The molecule has 126 valence electrons. The molecule has 2 N–H and O–H groups in total. The molecule has 0 amide bonds. The van der Waals surface area contributed by atoms with Crippen LogP contribution in [0, 0.1) is 13.8 Å². The van der Waals surface area contributed by atoms with Crippen LogP contribution in [-0.2, 0) is 6.54 Å². The van der Waals surface area contributed by atoms with Gasteiger partial charge in [0.2, 0.25) is 0 Å². The van der Waals surface area contributed by atoms with Gasteiger partial charge in [0.05, 0.1) is 12.1 Å². The zero-order valence-electron chi connectivity index (χ0n) is 15.5. The van der Waals surface area contributed by atoms with E-state index in [2.05, 4.69) is 67.9 Å². The molecule has 0 atom stereocenters. The summed E-state index contributed by atoms with van der Waals surface area (Å²) in [7, 11) is 4.27. The first-order chi connectivity index (χ1) is 10.9. The Balaban J connectivity index is 0.000000924. The molecule has 0 radical (unpaired) electrons. The number of aromatic nitrogens is 1.